The zero-order valence-electron chi connectivity index (χ0n) is 26.5. The molecule has 3 aliphatic heterocycles. The molecule has 4 aromatic rings. The molecule has 41 heavy (non-hydrogen) atoms. The van der Waals surface area contributed by atoms with E-state index in [4.69, 9.17) is 0 Å². The highest BCUT2D eigenvalue weighted by Gasteiger charge is 2.56. The highest BCUT2D eigenvalue weighted by Crippen LogP contribution is 2.56. The summed E-state index contributed by atoms with van der Waals surface area (Å²) in [5.41, 5.74) is 15.2. The smallest absolute Gasteiger partial charge is 0.252 e. The summed E-state index contributed by atoms with van der Waals surface area (Å²) < 4.78 is 0. The Hall–Kier alpha value is -3.46. The summed E-state index contributed by atoms with van der Waals surface area (Å²) in [7, 11) is 0. The van der Waals surface area contributed by atoms with Crippen molar-refractivity contribution in [1.82, 2.24) is 0 Å². The quantitative estimate of drug-likeness (QED) is 0.199. The Morgan fingerprint density at radius 1 is 0.610 bits per heavy atom. The number of nitrogens with zero attached hydrogens (tertiary/aromatic N) is 2. The summed E-state index contributed by atoms with van der Waals surface area (Å²) >= 11 is 0. The highest BCUT2D eigenvalue weighted by atomic mass is 15.3. The molecule has 0 amide bonds. The molecular formula is C38H43BN2. The van der Waals surface area contributed by atoms with Gasteiger partial charge in [0.25, 0.3) is 6.71 Å². The van der Waals surface area contributed by atoms with Crippen LogP contribution < -0.4 is 26.2 Å². The number of hydrogen-bond acceptors (Lipinski definition) is 2. The first kappa shape index (κ1) is 26.4. The summed E-state index contributed by atoms with van der Waals surface area (Å²) in [6.45, 7) is 23.7. The number of rotatable bonds is 1. The fourth-order valence-corrected chi connectivity index (χ4v) is 7.54. The zero-order chi connectivity index (χ0) is 29.3. The van der Waals surface area contributed by atoms with Gasteiger partial charge in [0.15, 0.2) is 0 Å². The van der Waals surface area contributed by atoms with Crippen molar-refractivity contribution in [1.29, 1.82) is 0 Å². The van der Waals surface area contributed by atoms with Crippen LogP contribution in [-0.2, 0) is 16.2 Å². The Kier molecular flexibility index (Phi) is 5.22. The van der Waals surface area contributed by atoms with Crippen molar-refractivity contribution < 1.29 is 0 Å². The third-order valence-electron chi connectivity index (χ3n) is 10.6. The average molecular weight is 539 g/mol. The molecule has 0 aliphatic carbocycles. The lowest BCUT2D eigenvalue weighted by Gasteiger charge is -2.48. The second-order valence-electron chi connectivity index (χ2n) is 15.6. The van der Waals surface area contributed by atoms with E-state index in [1.807, 2.05) is 0 Å². The fraction of sp³-hybridized carbons (Fsp3) is 0.368. The monoisotopic (exact) mass is 538 g/mol. The molecule has 0 spiro atoms. The third-order valence-corrected chi connectivity index (χ3v) is 10.6. The molecule has 7 rings (SSSR count). The van der Waals surface area contributed by atoms with E-state index in [1.165, 1.54) is 61.5 Å². The SMILES string of the molecule is CC(C)(C)c1ccc(N2c3ccc(C(C)(C)C)cc3B3c4cccc5c4N(c4cccc2c43)C(C)(C)C5(C)C)cc1. The molecule has 3 aliphatic rings. The second-order valence-corrected chi connectivity index (χ2v) is 15.6. The summed E-state index contributed by atoms with van der Waals surface area (Å²) in [4.78, 5) is 5.19. The minimum Gasteiger partial charge on any atom is -0.336 e. The number of benzene rings is 4. The van der Waals surface area contributed by atoms with Gasteiger partial charge in [0, 0.05) is 39.4 Å². The van der Waals surface area contributed by atoms with Crippen molar-refractivity contribution in [2.45, 2.75) is 91.0 Å². The van der Waals surface area contributed by atoms with E-state index < -0.39 is 0 Å². The van der Waals surface area contributed by atoms with Gasteiger partial charge in [-0.05, 0) is 88.1 Å². The van der Waals surface area contributed by atoms with Crippen LogP contribution in [0.3, 0.4) is 0 Å². The van der Waals surface area contributed by atoms with Crippen molar-refractivity contribution in [3.63, 3.8) is 0 Å². The molecule has 0 atom stereocenters. The van der Waals surface area contributed by atoms with E-state index in [-0.39, 0.29) is 28.5 Å². The van der Waals surface area contributed by atoms with Crippen LogP contribution in [0.1, 0.15) is 85.9 Å². The summed E-state index contributed by atoms with van der Waals surface area (Å²) in [5, 5.41) is 0. The molecule has 208 valence electrons. The Morgan fingerprint density at radius 2 is 1.22 bits per heavy atom. The maximum atomic E-state index is 2.67. The van der Waals surface area contributed by atoms with Gasteiger partial charge in [-0.15, -0.1) is 0 Å². The van der Waals surface area contributed by atoms with Crippen molar-refractivity contribution in [2.75, 3.05) is 9.80 Å². The van der Waals surface area contributed by atoms with Crippen molar-refractivity contribution in [3.8, 4) is 0 Å². The molecule has 0 saturated carbocycles. The molecule has 0 bridgehead atoms. The summed E-state index contributed by atoms with van der Waals surface area (Å²) in [6.07, 6.45) is 0. The van der Waals surface area contributed by atoms with E-state index in [2.05, 4.69) is 158 Å². The van der Waals surface area contributed by atoms with Crippen molar-refractivity contribution in [2.24, 2.45) is 0 Å². The van der Waals surface area contributed by atoms with Gasteiger partial charge in [0.05, 0.1) is 0 Å². The van der Waals surface area contributed by atoms with Gasteiger partial charge in [-0.1, -0.05) is 104 Å². The molecule has 0 fully saturated rings. The number of anilines is 5. The normalized spacial score (nSPS) is 17.8. The Morgan fingerprint density at radius 3 is 1.88 bits per heavy atom. The largest absolute Gasteiger partial charge is 0.336 e. The lowest BCUT2D eigenvalue weighted by molar-refractivity contribution is 0.330. The average Bonchev–Trinajstić information content (AvgIpc) is 3.07. The third kappa shape index (κ3) is 3.44. The molecular weight excluding hydrogens is 495 g/mol. The first-order chi connectivity index (χ1) is 19.1. The van der Waals surface area contributed by atoms with Crippen LogP contribution in [0.15, 0.2) is 78.9 Å². The van der Waals surface area contributed by atoms with Crippen LogP contribution in [0.5, 0.6) is 0 Å². The van der Waals surface area contributed by atoms with Crippen LogP contribution in [0.25, 0.3) is 0 Å². The molecule has 0 unspecified atom stereocenters. The molecule has 0 radical (unpaired) electrons. The molecule has 0 saturated heterocycles. The van der Waals surface area contributed by atoms with Crippen molar-refractivity contribution >= 4 is 51.5 Å². The van der Waals surface area contributed by atoms with Crippen LogP contribution in [0.4, 0.5) is 28.4 Å². The first-order valence-corrected chi connectivity index (χ1v) is 15.3. The van der Waals surface area contributed by atoms with Gasteiger partial charge >= 0.3 is 0 Å². The van der Waals surface area contributed by atoms with Gasteiger partial charge in [-0.2, -0.15) is 0 Å². The minimum atomic E-state index is -0.0712. The van der Waals surface area contributed by atoms with Gasteiger partial charge in [-0.25, -0.2) is 0 Å². The molecule has 4 aromatic carbocycles. The predicted octanol–water partition coefficient (Wildman–Crippen LogP) is 8.10. The van der Waals surface area contributed by atoms with E-state index in [0.717, 1.165) is 0 Å². The van der Waals surface area contributed by atoms with Gasteiger partial charge < -0.3 is 9.80 Å². The molecule has 3 heteroatoms. The van der Waals surface area contributed by atoms with Crippen LogP contribution in [-0.4, -0.2) is 12.3 Å². The summed E-state index contributed by atoms with van der Waals surface area (Å²) in [6, 6.07) is 30.5. The Balaban J connectivity index is 1.56. The summed E-state index contributed by atoms with van der Waals surface area (Å²) in [5.74, 6) is 0. The number of hydrogen-bond donors (Lipinski definition) is 0. The van der Waals surface area contributed by atoms with E-state index in [0.29, 0.717) is 0 Å². The van der Waals surface area contributed by atoms with E-state index in [9.17, 15) is 0 Å². The van der Waals surface area contributed by atoms with Gasteiger partial charge in [0.1, 0.15) is 0 Å². The number of fused-ring (bicyclic) bond motifs is 4. The van der Waals surface area contributed by atoms with Crippen LogP contribution in [0.2, 0.25) is 0 Å². The number of para-hydroxylation sites is 1. The molecule has 0 aromatic heterocycles. The fourth-order valence-electron chi connectivity index (χ4n) is 7.54. The molecule has 0 N–H and O–H groups in total. The zero-order valence-corrected chi connectivity index (χ0v) is 26.5. The van der Waals surface area contributed by atoms with Gasteiger partial charge in [-0.3, -0.25) is 0 Å². The van der Waals surface area contributed by atoms with Crippen LogP contribution in [0, 0.1) is 0 Å². The van der Waals surface area contributed by atoms with Gasteiger partial charge in [0.2, 0.25) is 0 Å². The van der Waals surface area contributed by atoms with Crippen LogP contribution >= 0.6 is 0 Å². The Bertz CT molecular complexity index is 1710. The lowest BCUT2D eigenvalue weighted by atomic mass is 9.33. The predicted molar refractivity (Wildman–Crippen MR) is 179 cm³/mol. The first-order valence-electron chi connectivity index (χ1n) is 15.3. The second kappa shape index (κ2) is 8.09. The minimum absolute atomic E-state index is 0.00707. The van der Waals surface area contributed by atoms with E-state index in [1.54, 1.807) is 0 Å². The lowest BCUT2D eigenvalue weighted by Crippen LogP contribution is -2.63. The van der Waals surface area contributed by atoms with E-state index >= 15 is 0 Å². The highest BCUT2D eigenvalue weighted by molar-refractivity contribution is 7.00. The Labute approximate surface area is 247 Å². The maximum Gasteiger partial charge on any atom is 0.252 e. The maximum absolute atomic E-state index is 2.67. The molecule has 3 heterocycles. The van der Waals surface area contributed by atoms with Crippen molar-refractivity contribution in [3.05, 3.63) is 95.6 Å². The topological polar surface area (TPSA) is 6.48 Å². The standard InChI is InChI=1S/C38H43BN2/c1-35(2,3)24-17-20-26(21-18-24)40-30-22-19-25(36(4,5)6)23-29(30)39-28-14-11-13-27-34(28)41(38(9,10)37(27,7)8)32-16-12-15-31(40)33(32)39/h11-23H,1-10H3. The molecule has 2 nitrogen and oxygen atoms in total.